The largest absolute Gasteiger partial charge is 0.325 e. The molecule has 0 atom stereocenters. The lowest BCUT2D eigenvalue weighted by Crippen LogP contribution is -2.08. The molecule has 5 heteroatoms. The maximum atomic E-state index is 5.64. The Kier molecular flexibility index (Phi) is 3.36. The molecule has 0 amide bonds. The van der Waals surface area contributed by atoms with E-state index in [2.05, 4.69) is 39.2 Å². The molecule has 0 bridgehead atoms. The summed E-state index contributed by atoms with van der Waals surface area (Å²) >= 11 is 3.47. The second-order valence-electron chi connectivity index (χ2n) is 3.47. The number of hydrogen-bond donors (Lipinski definition) is 1. The van der Waals surface area contributed by atoms with E-state index < -0.39 is 0 Å². The van der Waals surface area contributed by atoms with Gasteiger partial charge in [0, 0.05) is 11.0 Å². The minimum absolute atomic E-state index is 0.437. The van der Waals surface area contributed by atoms with Crippen LogP contribution in [0.25, 0.3) is 5.69 Å². The van der Waals surface area contributed by atoms with Gasteiger partial charge in [-0.2, -0.15) is 0 Å². The average molecular weight is 281 g/mol. The third-order valence-corrected chi connectivity index (χ3v) is 2.97. The first kappa shape index (κ1) is 11.3. The van der Waals surface area contributed by atoms with Gasteiger partial charge in [0.2, 0.25) is 0 Å². The van der Waals surface area contributed by atoms with Gasteiger partial charge in [0.05, 0.1) is 17.6 Å². The van der Waals surface area contributed by atoms with Crippen LogP contribution in [0.15, 0.2) is 28.9 Å². The van der Waals surface area contributed by atoms with E-state index in [1.54, 1.807) is 10.9 Å². The molecule has 0 spiro atoms. The molecule has 0 saturated heterocycles. The highest BCUT2D eigenvalue weighted by molar-refractivity contribution is 9.10. The van der Waals surface area contributed by atoms with Crippen LogP contribution in [0.5, 0.6) is 0 Å². The van der Waals surface area contributed by atoms with Crippen molar-refractivity contribution in [3.63, 3.8) is 0 Å². The Morgan fingerprint density at radius 2 is 2.25 bits per heavy atom. The molecule has 84 valence electrons. The number of aryl methyl sites for hydroxylation is 1. The van der Waals surface area contributed by atoms with E-state index >= 15 is 0 Å². The highest BCUT2D eigenvalue weighted by atomic mass is 79.9. The van der Waals surface area contributed by atoms with Crippen molar-refractivity contribution in [1.82, 2.24) is 15.0 Å². The quantitative estimate of drug-likeness (QED) is 0.936. The number of halogens is 1. The molecule has 0 aliphatic heterocycles. The Balaban J connectivity index is 2.55. The van der Waals surface area contributed by atoms with Crippen LogP contribution in [0.1, 0.15) is 18.2 Å². The predicted molar refractivity (Wildman–Crippen MR) is 66.3 cm³/mol. The molecule has 0 saturated carbocycles. The van der Waals surface area contributed by atoms with E-state index in [0.717, 1.165) is 22.3 Å². The van der Waals surface area contributed by atoms with Crippen molar-refractivity contribution in [1.29, 1.82) is 0 Å². The minimum Gasteiger partial charge on any atom is -0.325 e. The van der Waals surface area contributed by atoms with E-state index in [1.807, 2.05) is 12.1 Å². The number of hydrogen-bond acceptors (Lipinski definition) is 3. The lowest BCUT2D eigenvalue weighted by molar-refractivity contribution is 0.753. The van der Waals surface area contributed by atoms with Crippen molar-refractivity contribution in [3.05, 3.63) is 40.1 Å². The van der Waals surface area contributed by atoms with Gasteiger partial charge in [0.15, 0.2) is 0 Å². The Labute approximate surface area is 103 Å². The Morgan fingerprint density at radius 1 is 1.44 bits per heavy atom. The van der Waals surface area contributed by atoms with Gasteiger partial charge in [0.25, 0.3) is 0 Å². The fourth-order valence-electron chi connectivity index (χ4n) is 1.64. The smallest absolute Gasteiger partial charge is 0.0781 e. The summed E-state index contributed by atoms with van der Waals surface area (Å²) in [6.45, 7) is 2.55. The zero-order valence-corrected chi connectivity index (χ0v) is 10.6. The second-order valence-corrected chi connectivity index (χ2v) is 4.38. The molecule has 2 rings (SSSR count). The molecular weight excluding hydrogens is 268 g/mol. The molecule has 0 fully saturated rings. The standard InChI is InChI=1S/C11H13BrN4/c1-2-8-5-9(12)3-4-11(8)16-10(6-13)7-14-15-16/h3-5,7H,2,6,13H2,1H3. The molecule has 1 heterocycles. The van der Waals surface area contributed by atoms with Gasteiger partial charge >= 0.3 is 0 Å². The summed E-state index contributed by atoms with van der Waals surface area (Å²) in [6.07, 6.45) is 2.64. The summed E-state index contributed by atoms with van der Waals surface area (Å²) in [6, 6.07) is 6.12. The van der Waals surface area contributed by atoms with Gasteiger partial charge in [-0.3, -0.25) is 0 Å². The molecule has 0 radical (unpaired) electrons. The summed E-state index contributed by atoms with van der Waals surface area (Å²) in [5.41, 5.74) is 8.82. The summed E-state index contributed by atoms with van der Waals surface area (Å²) < 4.78 is 2.87. The van der Waals surface area contributed by atoms with Crippen LogP contribution < -0.4 is 5.73 Å². The Bertz CT molecular complexity index is 492. The number of rotatable bonds is 3. The molecule has 1 aromatic heterocycles. The van der Waals surface area contributed by atoms with Gasteiger partial charge in [0.1, 0.15) is 0 Å². The second kappa shape index (κ2) is 4.76. The first-order valence-corrected chi connectivity index (χ1v) is 5.94. The molecular formula is C11H13BrN4. The van der Waals surface area contributed by atoms with E-state index in [4.69, 9.17) is 5.73 Å². The highest BCUT2D eigenvalue weighted by Gasteiger charge is 2.08. The van der Waals surface area contributed by atoms with E-state index in [1.165, 1.54) is 5.56 Å². The van der Waals surface area contributed by atoms with Gasteiger partial charge in [-0.05, 0) is 30.2 Å². The van der Waals surface area contributed by atoms with Gasteiger partial charge in [-0.25, -0.2) is 4.68 Å². The van der Waals surface area contributed by atoms with Crippen molar-refractivity contribution >= 4 is 15.9 Å². The summed E-state index contributed by atoms with van der Waals surface area (Å²) in [7, 11) is 0. The van der Waals surface area contributed by atoms with E-state index in [-0.39, 0.29) is 0 Å². The molecule has 0 aliphatic rings. The third kappa shape index (κ3) is 2.01. The topological polar surface area (TPSA) is 56.7 Å². The van der Waals surface area contributed by atoms with Crippen LogP contribution in [-0.2, 0) is 13.0 Å². The van der Waals surface area contributed by atoms with Crippen molar-refractivity contribution in [2.75, 3.05) is 0 Å². The van der Waals surface area contributed by atoms with Crippen LogP contribution in [0, 0.1) is 0 Å². The normalized spacial score (nSPS) is 10.7. The molecule has 4 nitrogen and oxygen atoms in total. The SMILES string of the molecule is CCc1cc(Br)ccc1-n1nncc1CN. The molecule has 16 heavy (non-hydrogen) atoms. The first-order chi connectivity index (χ1) is 7.76. The van der Waals surface area contributed by atoms with Crippen LogP contribution in [0.4, 0.5) is 0 Å². The van der Waals surface area contributed by atoms with Gasteiger partial charge in [-0.15, -0.1) is 5.10 Å². The van der Waals surface area contributed by atoms with Crippen molar-refractivity contribution in [2.45, 2.75) is 19.9 Å². The number of nitrogens with zero attached hydrogens (tertiary/aromatic N) is 3. The summed E-state index contributed by atoms with van der Waals surface area (Å²) in [5, 5.41) is 7.96. The molecule has 1 aromatic carbocycles. The predicted octanol–water partition coefficient (Wildman–Crippen LogP) is 2.05. The summed E-state index contributed by atoms with van der Waals surface area (Å²) in [4.78, 5) is 0. The highest BCUT2D eigenvalue weighted by Crippen LogP contribution is 2.21. The van der Waals surface area contributed by atoms with Crippen molar-refractivity contribution < 1.29 is 0 Å². The summed E-state index contributed by atoms with van der Waals surface area (Å²) in [5.74, 6) is 0. The lowest BCUT2D eigenvalue weighted by atomic mass is 10.1. The maximum Gasteiger partial charge on any atom is 0.0781 e. The van der Waals surface area contributed by atoms with E-state index in [9.17, 15) is 0 Å². The number of nitrogens with two attached hydrogens (primary N) is 1. The Morgan fingerprint density at radius 3 is 2.94 bits per heavy atom. The van der Waals surface area contributed by atoms with Crippen LogP contribution in [0.2, 0.25) is 0 Å². The van der Waals surface area contributed by atoms with Crippen molar-refractivity contribution in [3.8, 4) is 5.69 Å². The number of benzene rings is 1. The maximum absolute atomic E-state index is 5.64. The number of aromatic nitrogens is 3. The van der Waals surface area contributed by atoms with Gasteiger partial charge < -0.3 is 5.73 Å². The van der Waals surface area contributed by atoms with Crippen molar-refractivity contribution in [2.24, 2.45) is 5.73 Å². The van der Waals surface area contributed by atoms with Crippen LogP contribution in [-0.4, -0.2) is 15.0 Å². The third-order valence-electron chi connectivity index (χ3n) is 2.48. The Hall–Kier alpha value is -1.20. The first-order valence-electron chi connectivity index (χ1n) is 5.14. The van der Waals surface area contributed by atoms with Gasteiger partial charge in [-0.1, -0.05) is 28.1 Å². The fraction of sp³-hybridized carbons (Fsp3) is 0.273. The molecule has 2 N–H and O–H groups in total. The molecule has 0 unspecified atom stereocenters. The molecule has 0 aliphatic carbocycles. The lowest BCUT2D eigenvalue weighted by Gasteiger charge is -2.10. The van der Waals surface area contributed by atoms with Crippen LogP contribution >= 0.6 is 15.9 Å². The zero-order chi connectivity index (χ0) is 11.5. The van der Waals surface area contributed by atoms with Crippen LogP contribution in [0.3, 0.4) is 0 Å². The average Bonchev–Trinajstić information content (AvgIpc) is 2.76. The zero-order valence-electron chi connectivity index (χ0n) is 9.02. The monoisotopic (exact) mass is 280 g/mol. The molecule has 2 aromatic rings. The fourth-order valence-corrected chi connectivity index (χ4v) is 2.05. The van der Waals surface area contributed by atoms with E-state index in [0.29, 0.717) is 6.54 Å². The minimum atomic E-state index is 0.437.